The van der Waals surface area contributed by atoms with E-state index in [1.165, 1.54) is 0 Å². The third-order valence-corrected chi connectivity index (χ3v) is 9.81. The fourth-order valence-electron chi connectivity index (χ4n) is 7.78. The lowest BCUT2D eigenvalue weighted by molar-refractivity contribution is -0.284. The number of hydrogen-bond acceptors (Lipinski definition) is 9. The van der Waals surface area contributed by atoms with Crippen LogP contribution in [0.4, 0.5) is 0 Å². The van der Waals surface area contributed by atoms with Crippen molar-refractivity contribution in [2.45, 2.75) is 196 Å². The summed E-state index contributed by atoms with van der Waals surface area (Å²) in [5, 5.41) is 12.6. The summed E-state index contributed by atoms with van der Waals surface area (Å²) in [6.45, 7) is 27.4. The second kappa shape index (κ2) is 15.4. The standard InChI is InChI=1S/C38H68N2O8/c1-33(2,3)31(44)47-39-35(7,8)22-26(23-36(39,9)10)28(20-18-16-15-17-19-21-29(41)42)30(43)46-27-24-37(11,12)40(38(13,14)25-27)48-32(45)34(4,5)6/h26-28H,15-25H2,1-14H3,(H,41,42). The molecule has 2 fully saturated rings. The van der Waals surface area contributed by atoms with Gasteiger partial charge in [-0.15, -0.1) is 10.1 Å². The van der Waals surface area contributed by atoms with Crippen LogP contribution in [0.5, 0.6) is 0 Å². The molecule has 0 amide bonds. The number of carboxylic acids is 1. The minimum Gasteiger partial charge on any atom is -0.481 e. The molecule has 1 N–H and O–H groups in total. The van der Waals surface area contributed by atoms with Crippen LogP contribution >= 0.6 is 0 Å². The summed E-state index contributed by atoms with van der Waals surface area (Å²) in [5.41, 5.74) is -3.47. The third kappa shape index (κ3) is 11.4. The molecule has 10 nitrogen and oxygen atoms in total. The van der Waals surface area contributed by atoms with Crippen LogP contribution in [0.1, 0.15) is 168 Å². The van der Waals surface area contributed by atoms with E-state index in [-0.39, 0.29) is 42.3 Å². The average Bonchev–Trinajstić information content (AvgIpc) is 2.87. The number of hydrogen-bond donors (Lipinski definition) is 1. The first-order valence-electron chi connectivity index (χ1n) is 18.1. The molecule has 2 aliphatic rings. The van der Waals surface area contributed by atoms with Gasteiger partial charge in [0.15, 0.2) is 0 Å². The minimum atomic E-state index is -0.771. The van der Waals surface area contributed by atoms with Crippen LogP contribution in [0.25, 0.3) is 0 Å². The Labute approximate surface area is 290 Å². The lowest BCUT2D eigenvalue weighted by atomic mass is 9.69. The highest BCUT2D eigenvalue weighted by molar-refractivity contribution is 5.76. The van der Waals surface area contributed by atoms with Crippen molar-refractivity contribution < 1.29 is 38.7 Å². The van der Waals surface area contributed by atoms with E-state index in [2.05, 4.69) is 27.7 Å². The number of carboxylic acid groups (broad SMARTS) is 1. The van der Waals surface area contributed by atoms with Gasteiger partial charge in [-0.25, -0.2) is 9.59 Å². The van der Waals surface area contributed by atoms with E-state index < -0.39 is 39.0 Å². The molecule has 10 heteroatoms. The SMILES string of the molecule is CC(C)(C)C(=O)ON1C(C)(C)CC(OC(=O)C(CCCCCCCC(=O)O)C2CC(C)(C)N(OC(=O)C(C)(C)C)C(C)(C)C2)CC1(C)C. The molecule has 0 saturated carbocycles. The molecule has 2 heterocycles. The van der Waals surface area contributed by atoms with Crippen molar-refractivity contribution in [3.05, 3.63) is 0 Å². The van der Waals surface area contributed by atoms with Crippen LogP contribution in [0, 0.1) is 22.7 Å². The van der Waals surface area contributed by atoms with Gasteiger partial charge in [0, 0.05) is 19.3 Å². The summed E-state index contributed by atoms with van der Waals surface area (Å²) in [5.74, 6) is -1.89. The summed E-state index contributed by atoms with van der Waals surface area (Å²) < 4.78 is 6.42. The molecule has 0 aromatic carbocycles. The Morgan fingerprint density at radius 1 is 0.646 bits per heavy atom. The van der Waals surface area contributed by atoms with Crippen LogP contribution in [0.15, 0.2) is 0 Å². The summed E-state index contributed by atoms with van der Waals surface area (Å²) in [4.78, 5) is 63.1. The Morgan fingerprint density at radius 2 is 1.02 bits per heavy atom. The van der Waals surface area contributed by atoms with E-state index in [1.807, 2.05) is 74.3 Å². The quantitative estimate of drug-likeness (QED) is 0.150. The molecule has 2 saturated heterocycles. The first kappa shape index (κ1) is 42.0. The summed E-state index contributed by atoms with van der Waals surface area (Å²) >= 11 is 0. The van der Waals surface area contributed by atoms with E-state index >= 15 is 0 Å². The molecule has 0 aromatic rings. The first-order valence-corrected chi connectivity index (χ1v) is 18.1. The van der Waals surface area contributed by atoms with Crippen LogP contribution in [-0.4, -0.2) is 67.4 Å². The van der Waals surface area contributed by atoms with Crippen LogP contribution in [-0.2, 0) is 33.6 Å². The van der Waals surface area contributed by atoms with Gasteiger partial charge in [0.25, 0.3) is 0 Å². The second-order valence-electron chi connectivity index (χ2n) is 19.0. The number of ether oxygens (including phenoxy) is 1. The second-order valence-corrected chi connectivity index (χ2v) is 19.0. The average molecular weight is 681 g/mol. The number of carbonyl (C=O) groups is 4. The van der Waals surface area contributed by atoms with Crippen molar-refractivity contribution in [2.75, 3.05) is 0 Å². The monoisotopic (exact) mass is 680 g/mol. The normalized spacial score (nSPS) is 22.5. The highest BCUT2D eigenvalue weighted by atomic mass is 16.7. The summed E-state index contributed by atoms with van der Waals surface area (Å²) in [6, 6.07) is 0. The van der Waals surface area contributed by atoms with Crippen molar-refractivity contribution >= 4 is 23.9 Å². The smallest absolute Gasteiger partial charge is 0.330 e. The molecule has 0 aliphatic carbocycles. The Hall–Kier alpha value is -2.20. The predicted octanol–water partition coefficient (Wildman–Crippen LogP) is 8.26. The van der Waals surface area contributed by atoms with Crippen LogP contribution < -0.4 is 0 Å². The number of aliphatic carboxylic acids is 1. The molecular formula is C38H68N2O8. The molecule has 0 radical (unpaired) electrons. The topological polar surface area (TPSA) is 123 Å². The number of rotatable bonds is 13. The number of hydroxylamine groups is 4. The van der Waals surface area contributed by atoms with Crippen molar-refractivity contribution in [1.29, 1.82) is 0 Å². The highest BCUT2D eigenvalue weighted by Gasteiger charge is 2.53. The van der Waals surface area contributed by atoms with Gasteiger partial charge in [-0.1, -0.05) is 25.7 Å². The fraction of sp³-hybridized carbons (Fsp3) is 0.895. The van der Waals surface area contributed by atoms with Gasteiger partial charge in [0.1, 0.15) is 6.10 Å². The Bertz CT molecular complexity index is 1110. The fourth-order valence-corrected chi connectivity index (χ4v) is 7.78. The molecule has 0 spiro atoms. The maximum Gasteiger partial charge on any atom is 0.330 e. The molecule has 278 valence electrons. The van der Waals surface area contributed by atoms with Gasteiger partial charge in [0.2, 0.25) is 0 Å². The number of carbonyl (C=O) groups excluding carboxylic acids is 3. The lowest BCUT2D eigenvalue weighted by Crippen LogP contribution is -2.63. The molecule has 2 aliphatic heterocycles. The summed E-state index contributed by atoms with van der Waals surface area (Å²) in [7, 11) is 0. The largest absolute Gasteiger partial charge is 0.481 e. The summed E-state index contributed by atoms with van der Waals surface area (Å²) in [6.07, 6.45) is 7.04. The number of unbranched alkanes of at least 4 members (excludes halogenated alkanes) is 4. The molecule has 0 bridgehead atoms. The van der Waals surface area contributed by atoms with E-state index in [0.717, 1.165) is 25.7 Å². The number of piperidine rings is 2. The third-order valence-electron chi connectivity index (χ3n) is 9.81. The Balaban J connectivity index is 2.28. The van der Waals surface area contributed by atoms with E-state index in [9.17, 15) is 19.2 Å². The van der Waals surface area contributed by atoms with Crippen molar-refractivity contribution in [2.24, 2.45) is 22.7 Å². The minimum absolute atomic E-state index is 0.00736. The maximum absolute atomic E-state index is 14.3. The van der Waals surface area contributed by atoms with Gasteiger partial charge in [-0.3, -0.25) is 9.59 Å². The van der Waals surface area contributed by atoms with E-state index in [1.54, 1.807) is 5.06 Å². The zero-order valence-corrected chi connectivity index (χ0v) is 32.7. The molecule has 0 aromatic heterocycles. The van der Waals surface area contributed by atoms with Crippen LogP contribution in [0.2, 0.25) is 0 Å². The predicted molar refractivity (Wildman–Crippen MR) is 186 cm³/mol. The first-order chi connectivity index (χ1) is 21.6. The maximum atomic E-state index is 14.3. The number of esters is 1. The van der Waals surface area contributed by atoms with Crippen LogP contribution in [0.3, 0.4) is 0 Å². The van der Waals surface area contributed by atoms with Gasteiger partial charge in [-0.05, 0) is 129 Å². The van der Waals surface area contributed by atoms with Crippen molar-refractivity contribution in [1.82, 2.24) is 10.1 Å². The zero-order chi connectivity index (χ0) is 37.1. The van der Waals surface area contributed by atoms with Crippen molar-refractivity contribution in [3.8, 4) is 0 Å². The van der Waals surface area contributed by atoms with E-state index in [0.29, 0.717) is 38.5 Å². The highest BCUT2D eigenvalue weighted by Crippen LogP contribution is 2.47. The number of nitrogens with zero attached hydrogens (tertiary/aromatic N) is 2. The molecule has 48 heavy (non-hydrogen) atoms. The van der Waals surface area contributed by atoms with Gasteiger partial charge < -0.3 is 19.5 Å². The Morgan fingerprint density at radius 3 is 1.42 bits per heavy atom. The molecule has 1 unspecified atom stereocenters. The van der Waals surface area contributed by atoms with Gasteiger partial charge in [-0.2, -0.15) is 0 Å². The van der Waals surface area contributed by atoms with Gasteiger partial charge >= 0.3 is 23.9 Å². The zero-order valence-electron chi connectivity index (χ0n) is 32.7. The van der Waals surface area contributed by atoms with Gasteiger partial charge in [0.05, 0.1) is 38.9 Å². The molecule has 1 atom stereocenters. The molecule has 2 rings (SSSR count). The lowest BCUT2D eigenvalue weighted by Gasteiger charge is -2.54. The Kier molecular flexibility index (Phi) is 13.4. The molecular weight excluding hydrogens is 612 g/mol. The van der Waals surface area contributed by atoms with Crippen molar-refractivity contribution in [3.63, 3.8) is 0 Å². The van der Waals surface area contributed by atoms with E-state index in [4.69, 9.17) is 19.5 Å².